The Morgan fingerprint density at radius 1 is 1.28 bits per heavy atom. The molecule has 0 bridgehead atoms. The van der Waals surface area contributed by atoms with E-state index in [9.17, 15) is 0 Å². The first kappa shape index (κ1) is 12.5. The maximum absolute atomic E-state index is 5.62. The van der Waals surface area contributed by atoms with Crippen LogP contribution in [0.5, 0.6) is 5.75 Å². The first-order valence-electron chi connectivity index (χ1n) is 5.82. The molecule has 0 aliphatic rings. The molecule has 3 N–H and O–H groups in total. The average molecular weight is 243 g/mol. The minimum atomic E-state index is 0.0695. The van der Waals surface area contributed by atoms with Crippen LogP contribution in [0.2, 0.25) is 0 Å². The zero-order valence-corrected chi connectivity index (χ0v) is 10.3. The van der Waals surface area contributed by atoms with Crippen LogP contribution in [0, 0.1) is 0 Å². The number of rotatable bonds is 5. The van der Waals surface area contributed by atoms with Crippen molar-refractivity contribution >= 4 is 0 Å². The van der Waals surface area contributed by atoms with Gasteiger partial charge in [0.05, 0.1) is 13.2 Å². The third-order valence-electron chi connectivity index (χ3n) is 2.88. The molecule has 1 unspecified atom stereocenters. The summed E-state index contributed by atoms with van der Waals surface area (Å²) in [5.41, 5.74) is 5.13. The van der Waals surface area contributed by atoms with Crippen molar-refractivity contribution in [2.45, 2.75) is 12.5 Å². The van der Waals surface area contributed by atoms with Crippen LogP contribution in [-0.4, -0.2) is 12.1 Å². The molecule has 18 heavy (non-hydrogen) atoms. The largest absolute Gasteiger partial charge is 0.497 e. The van der Waals surface area contributed by atoms with Crippen molar-refractivity contribution in [2.75, 3.05) is 7.11 Å². The van der Waals surface area contributed by atoms with E-state index in [0.29, 0.717) is 0 Å². The molecule has 1 atom stereocenters. The lowest BCUT2D eigenvalue weighted by atomic mass is 10.0. The van der Waals surface area contributed by atoms with Crippen LogP contribution in [0.25, 0.3) is 0 Å². The number of pyridine rings is 1. The van der Waals surface area contributed by atoms with Crippen LogP contribution in [0.4, 0.5) is 0 Å². The number of aromatic nitrogens is 1. The third kappa shape index (κ3) is 3.06. The molecule has 4 heteroatoms. The molecule has 0 amide bonds. The van der Waals surface area contributed by atoms with E-state index in [2.05, 4.69) is 16.5 Å². The van der Waals surface area contributed by atoms with Crippen LogP contribution in [0.3, 0.4) is 0 Å². The summed E-state index contributed by atoms with van der Waals surface area (Å²) < 4.78 is 5.21. The van der Waals surface area contributed by atoms with E-state index < -0.39 is 0 Å². The quantitative estimate of drug-likeness (QED) is 0.621. The molecule has 1 heterocycles. The highest BCUT2D eigenvalue weighted by Gasteiger charge is 2.10. The number of hydrogen-bond acceptors (Lipinski definition) is 4. The van der Waals surface area contributed by atoms with Crippen molar-refractivity contribution in [1.82, 2.24) is 10.4 Å². The fraction of sp³-hybridized carbons (Fsp3) is 0.214. The molecule has 94 valence electrons. The number of nitrogens with one attached hydrogen (secondary N) is 1. The van der Waals surface area contributed by atoms with E-state index in [1.807, 2.05) is 30.3 Å². The smallest absolute Gasteiger partial charge is 0.119 e. The van der Waals surface area contributed by atoms with Gasteiger partial charge in [-0.1, -0.05) is 12.1 Å². The lowest BCUT2D eigenvalue weighted by Gasteiger charge is -2.16. The van der Waals surface area contributed by atoms with Crippen LogP contribution in [0.1, 0.15) is 17.2 Å². The lowest BCUT2D eigenvalue weighted by Crippen LogP contribution is -2.29. The Morgan fingerprint density at radius 2 is 2.06 bits per heavy atom. The van der Waals surface area contributed by atoms with E-state index >= 15 is 0 Å². The van der Waals surface area contributed by atoms with E-state index in [0.717, 1.165) is 17.7 Å². The number of ether oxygens (including phenoxy) is 1. The summed E-state index contributed by atoms with van der Waals surface area (Å²) >= 11 is 0. The van der Waals surface area contributed by atoms with Gasteiger partial charge < -0.3 is 4.74 Å². The van der Waals surface area contributed by atoms with Gasteiger partial charge in [-0.05, 0) is 41.8 Å². The van der Waals surface area contributed by atoms with Crippen LogP contribution >= 0.6 is 0 Å². The predicted molar refractivity (Wildman–Crippen MR) is 71.0 cm³/mol. The zero-order valence-electron chi connectivity index (χ0n) is 10.3. The second kappa shape index (κ2) is 6.14. The molecule has 0 aliphatic carbocycles. The molecule has 1 aromatic carbocycles. The van der Waals surface area contributed by atoms with Gasteiger partial charge in [-0.25, -0.2) is 0 Å². The monoisotopic (exact) mass is 243 g/mol. The summed E-state index contributed by atoms with van der Waals surface area (Å²) in [6, 6.07) is 12.0. The van der Waals surface area contributed by atoms with Gasteiger partial charge in [0, 0.05) is 12.4 Å². The summed E-state index contributed by atoms with van der Waals surface area (Å²) in [4.78, 5) is 4.01. The lowest BCUT2D eigenvalue weighted by molar-refractivity contribution is 0.414. The topological polar surface area (TPSA) is 60.2 Å². The number of benzene rings is 1. The molecular formula is C14H17N3O. The van der Waals surface area contributed by atoms with E-state index in [-0.39, 0.29) is 6.04 Å². The fourth-order valence-electron chi connectivity index (χ4n) is 1.90. The summed E-state index contributed by atoms with van der Waals surface area (Å²) in [5, 5.41) is 0. The molecule has 0 aliphatic heterocycles. The number of nitrogens with zero attached hydrogens (tertiary/aromatic N) is 1. The van der Waals surface area contributed by atoms with Crippen molar-refractivity contribution in [3.63, 3.8) is 0 Å². The molecule has 4 nitrogen and oxygen atoms in total. The molecule has 0 spiro atoms. The fourth-order valence-corrected chi connectivity index (χ4v) is 1.90. The highest BCUT2D eigenvalue weighted by molar-refractivity contribution is 5.30. The summed E-state index contributed by atoms with van der Waals surface area (Å²) in [7, 11) is 1.67. The Kier molecular flexibility index (Phi) is 4.28. The second-order valence-electron chi connectivity index (χ2n) is 4.06. The van der Waals surface area contributed by atoms with Crippen molar-refractivity contribution in [1.29, 1.82) is 0 Å². The van der Waals surface area contributed by atoms with Gasteiger partial charge >= 0.3 is 0 Å². The van der Waals surface area contributed by atoms with Crippen LogP contribution in [0.15, 0.2) is 48.8 Å². The molecular weight excluding hydrogens is 226 g/mol. The summed E-state index contributed by atoms with van der Waals surface area (Å²) in [6.45, 7) is 0. The Balaban J connectivity index is 2.15. The Labute approximate surface area is 107 Å². The van der Waals surface area contributed by atoms with Gasteiger partial charge in [-0.2, -0.15) is 0 Å². The van der Waals surface area contributed by atoms with Gasteiger partial charge in [0.1, 0.15) is 5.75 Å². The highest BCUT2D eigenvalue weighted by atomic mass is 16.5. The normalized spacial score (nSPS) is 12.1. The summed E-state index contributed by atoms with van der Waals surface area (Å²) in [6.07, 6.45) is 4.34. The maximum Gasteiger partial charge on any atom is 0.119 e. The SMILES string of the molecule is COc1cccc(CC(NN)c2ccncc2)c1. The number of hydrogen-bond donors (Lipinski definition) is 2. The minimum absolute atomic E-state index is 0.0695. The van der Waals surface area contributed by atoms with Gasteiger partial charge in [0.25, 0.3) is 0 Å². The van der Waals surface area contributed by atoms with Crippen LogP contribution < -0.4 is 16.0 Å². The van der Waals surface area contributed by atoms with E-state index in [1.165, 1.54) is 5.56 Å². The summed E-state index contributed by atoms with van der Waals surface area (Å²) in [5.74, 6) is 6.48. The average Bonchev–Trinajstić information content (AvgIpc) is 2.46. The molecule has 0 fully saturated rings. The van der Waals surface area contributed by atoms with Crippen molar-refractivity contribution in [3.8, 4) is 5.75 Å². The second-order valence-corrected chi connectivity index (χ2v) is 4.06. The maximum atomic E-state index is 5.62. The first-order chi connectivity index (χ1) is 8.83. The predicted octanol–water partition coefficient (Wildman–Crippen LogP) is 1.84. The molecule has 0 saturated heterocycles. The zero-order chi connectivity index (χ0) is 12.8. The Bertz CT molecular complexity index is 487. The highest BCUT2D eigenvalue weighted by Crippen LogP contribution is 2.20. The van der Waals surface area contributed by atoms with Gasteiger partial charge in [0.15, 0.2) is 0 Å². The number of methoxy groups -OCH3 is 1. The van der Waals surface area contributed by atoms with Gasteiger partial charge in [-0.15, -0.1) is 0 Å². The van der Waals surface area contributed by atoms with Crippen LogP contribution in [-0.2, 0) is 6.42 Å². The van der Waals surface area contributed by atoms with E-state index in [4.69, 9.17) is 10.6 Å². The Hall–Kier alpha value is -1.91. The molecule has 1 aromatic heterocycles. The van der Waals surface area contributed by atoms with Gasteiger partial charge in [0.2, 0.25) is 0 Å². The van der Waals surface area contributed by atoms with Gasteiger partial charge in [-0.3, -0.25) is 16.3 Å². The van der Waals surface area contributed by atoms with Crippen molar-refractivity contribution in [2.24, 2.45) is 5.84 Å². The minimum Gasteiger partial charge on any atom is -0.497 e. The van der Waals surface area contributed by atoms with Crippen molar-refractivity contribution < 1.29 is 4.74 Å². The first-order valence-corrected chi connectivity index (χ1v) is 5.82. The molecule has 2 aromatic rings. The standard InChI is InChI=1S/C14H17N3O/c1-18-13-4-2-3-11(9-13)10-14(17-15)12-5-7-16-8-6-12/h2-9,14,17H,10,15H2,1H3. The number of nitrogens with two attached hydrogens (primary N) is 1. The van der Waals surface area contributed by atoms with E-state index in [1.54, 1.807) is 19.5 Å². The Morgan fingerprint density at radius 3 is 2.72 bits per heavy atom. The van der Waals surface area contributed by atoms with Crippen molar-refractivity contribution in [3.05, 3.63) is 59.9 Å². The molecule has 0 saturated carbocycles. The molecule has 0 radical (unpaired) electrons. The third-order valence-corrected chi connectivity index (χ3v) is 2.88. The number of hydrazine groups is 1. The molecule has 2 rings (SSSR count).